The molecule has 1 saturated heterocycles. The van der Waals surface area contributed by atoms with E-state index in [0.717, 1.165) is 33.3 Å². The Morgan fingerprint density at radius 3 is 2.64 bits per heavy atom. The van der Waals surface area contributed by atoms with Gasteiger partial charge in [0.25, 0.3) is 5.91 Å². The number of nitrogens with zero attached hydrogens (tertiary/aromatic N) is 2. The summed E-state index contributed by atoms with van der Waals surface area (Å²) in [7, 11) is 0. The van der Waals surface area contributed by atoms with Gasteiger partial charge in [-0.2, -0.15) is 5.10 Å². The first-order chi connectivity index (χ1) is 12.1. The largest absolute Gasteiger partial charge is 0.282 e. The zero-order valence-electron chi connectivity index (χ0n) is 14.7. The average molecular weight is 335 g/mol. The fraction of sp³-hybridized carbons (Fsp3) is 0.300. The molecule has 1 aliphatic rings. The number of amides is 1. The molecule has 1 amide bonds. The van der Waals surface area contributed by atoms with Crippen molar-refractivity contribution in [3.63, 3.8) is 0 Å². The molecule has 25 heavy (non-hydrogen) atoms. The number of carbonyl (C=O) groups is 1. The Balaban J connectivity index is 1.86. The lowest BCUT2D eigenvalue weighted by Gasteiger charge is -2.16. The maximum atomic E-state index is 12.9. The van der Waals surface area contributed by atoms with Gasteiger partial charge in [-0.1, -0.05) is 37.3 Å². The minimum absolute atomic E-state index is 0.0762. The number of nitrogens with one attached hydrogen (secondary N) is 1. The average Bonchev–Trinajstić information content (AvgIpc) is 3.19. The number of H-pyrrole nitrogens is 1. The standard InChI is InChI=1S/C20H21N3O2/c1-12-10-23(25-11-12)20(24)18-9-5-6-15-16(18)7-4-8-17(15)19-13(2)21-22-14(19)3/h4-9,12H,10-11H2,1-3H3,(H,21,22). The second kappa shape index (κ2) is 6.01. The second-order valence-corrected chi connectivity index (χ2v) is 6.78. The number of aryl methyl sites for hydroxylation is 2. The van der Waals surface area contributed by atoms with Crippen molar-refractivity contribution >= 4 is 16.7 Å². The molecule has 2 aromatic carbocycles. The molecular weight excluding hydrogens is 314 g/mol. The summed E-state index contributed by atoms with van der Waals surface area (Å²) in [6.45, 7) is 7.32. The third-order valence-corrected chi connectivity index (χ3v) is 4.77. The summed E-state index contributed by atoms with van der Waals surface area (Å²) in [5.41, 5.74) is 4.84. The predicted molar refractivity (Wildman–Crippen MR) is 97.2 cm³/mol. The number of aromatic amines is 1. The van der Waals surface area contributed by atoms with Gasteiger partial charge in [-0.25, -0.2) is 5.06 Å². The van der Waals surface area contributed by atoms with E-state index in [-0.39, 0.29) is 5.91 Å². The van der Waals surface area contributed by atoms with Crippen LogP contribution in [0.25, 0.3) is 21.9 Å². The molecule has 1 N–H and O–H groups in total. The number of aromatic nitrogens is 2. The van der Waals surface area contributed by atoms with Gasteiger partial charge in [0.15, 0.2) is 0 Å². The van der Waals surface area contributed by atoms with Crippen molar-refractivity contribution in [2.75, 3.05) is 13.2 Å². The zero-order valence-corrected chi connectivity index (χ0v) is 14.7. The van der Waals surface area contributed by atoms with Crippen LogP contribution in [-0.4, -0.2) is 34.3 Å². The Kier molecular flexibility index (Phi) is 3.81. The molecule has 128 valence electrons. The summed E-state index contributed by atoms with van der Waals surface area (Å²) in [5, 5.41) is 10.8. The van der Waals surface area contributed by atoms with E-state index in [1.807, 2.05) is 38.1 Å². The van der Waals surface area contributed by atoms with Crippen LogP contribution in [0.2, 0.25) is 0 Å². The summed E-state index contributed by atoms with van der Waals surface area (Å²) in [6, 6.07) is 11.9. The van der Waals surface area contributed by atoms with Gasteiger partial charge in [-0.15, -0.1) is 0 Å². The van der Waals surface area contributed by atoms with Gasteiger partial charge in [0.05, 0.1) is 18.8 Å². The fourth-order valence-electron chi connectivity index (χ4n) is 3.54. The topological polar surface area (TPSA) is 58.2 Å². The molecule has 2 heterocycles. The molecule has 1 fully saturated rings. The van der Waals surface area contributed by atoms with Crippen molar-refractivity contribution in [2.45, 2.75) is 20.8 Å². The van der Waals surface area contributed by atoms with Crippen LogP contribution in [0.4, 0.5) is 0 Å². The minimum atomic E-state index is -0.0762. The molecule has 5 heteroatoms. The molecule has 1 aliphatic heterocycles. The number of fused-ring (bicyclic) bond motifs is 1. The van der Waals surface area contributed by atoms with Crippen LogP contribution in [0.1, 0.15) is 28.7 Å². The fourth-order valence-corrected chi connectivity index (χ4v) is 3.54. The monoisotopic (exact) mass is 335 g/mol. The van der Waals surface area contributed by atoms with Crippen molar-refractivity contribution in [3.05, 3.63) is 53.3 Å². The van der Waals surface area contributed by atoms with E-state index in [1.54, 1.807) is 0 Å². The quantitative estimate of drug-likeness (QED) is 0.773. The van der Waals surface area contributed by atoms with Crippen LogP contribution in [0, 0.1) is 19.8 Å². The molecule has 0 radical (unpaired) electrons. The second-order valence-electron chi connectivity index (χ2n) is 6.78. The van der Waals surface area contributed by atoms with E-state index >= 15 is 0 Å². The molecule has 0 saturated carbocycles. The number of carbonyl (C=O) groups excluding carboxylic acids is 1. The lowest BCUT2D eigenvalue weighted by molar-refractivity contribution is -0.0771. The Morgan fingerprint density at radius 2 is 1.96 bits per heavy atom. The van der Waals surface area contributed by atoms with Crippen LogP contribution < -0.4 is 0 Å². The number of hydrogen-bond acceptors (Lipinski definition) is 3. The molecule has 3 aromatic rings. The highest BCUT2D eigenvalue weighted by Gasteiger charge is 2.27. The first-order valence-corrected chi connectivity index (χ1v) is 8.54. The maximum absolute atomic E-state index is 12.9. The summed E-state index contributed by atoms with van der Waals surface area (Å²) >= 11 is 0. The van der Waals surface area contributed by atoms with Crippen molar-refractivity contribution < 1.29 is 9.63 Å². The molecule has 1 unspecified atom stereocenters. The Morgan fingerprint density at radius 1 is 1.20 bits per heavy atom. The third-order valence-electron chi connectivity index (χ3n) is 4.77. The number of benzene rings is 2. The van der Waals surface area contributed by atoms with Gasteiger partial charge < -0.3 is 0 Å². The summed E-state index contributed by atoms with van der Waals surface area (Å²) in [4.78, 5) is 18.5. The van der Waals surface area contributed by atoms with Gasteiger partial charge in [0.1, 0.15) is 0 Å². The summed E-state index contributed by atoms with van der Waals surface area (Å²) < 4.78 is 0. The van der Waals surface area contributed by atoms with Gasteiger partial charge >= 0.3 is 0 Å². The van der Waals surface area contributed by atoms with Crippen LogP contribution in [0.5, 0.6) is 0 Å². The van der Waals surface area contributed by atoms with Crippen LogP contribution >= 0.6 is 0 Å². The SMILES string of the molecule is Cc1n[nH]c(C)c1-c1cccc2c(C(=O)N3CC(C)CO3)cccc12. The summed E-state index contributed by atoms with van der Waals surface area (Å²) in [5.74, 6) is 0.290. The number of hydroxylamine groups is 2. The minimum Gasteiger partial charge on any atom is -0.282 e. The smallest absolute Gasteiger partial charge is 0.278 e. The van der Waals surface area contributed by atoms with Crippen LogP contribution in [0.3, 0.4) is 0 Å². The van der Waals surface area contributed by atoms with E-state index in [9.17, 15) is 4.79 Å². The summed E-state index contributed by atoms with van der Waals surface area (Å²) in [6.07, 6.45) is 0. The van der Waals surface area contributed by atoms with Gasteiger partial charge in [-0.05, 0) is 36.2 Å². The van der Waals surface area contributed by atoms with Crippen molar-refractivity contribution in [1.82, 2.24) is 15.3 Å². The van der Waals surface area contributed by atoms with Crippen molar-refractivity contribution in [1.29, 1.82) is 0 Å². The molecule has 5 nitrogen and oxygen atoms in total. The first-order valence-electron chi connectivity index (χ1n) is 8.54. The Labute approximate surface area is 146 Å². The number of hydrogen-bond donors (Lipinski definition) is 1. The van der Waals surface area contributed by atoms with E-state index in [1.165, 1.54) is 5.06 Å². The molecule has 1 aromatic heterocycles. The molecule has 4 rings (SSSR count). The zero-order chi connectivity index (χ0) is 17.6. The maximum Gasteiger partial charge on any atom is 0.278 e. The van der Waals surface area contributed by atoms with Crippen molar-refractivity contribution in [3.8, 4) is 11.1 Å². The van der Waals surface area contributed by atoms with Gasteiger partial charge in [0.2, 0.25) is 0 Å². The third kappa shape index (κ3) is 2.61. The molecule has 1 atom stereocenters. The van der Waals surface area contributed by atoms with Crippen molar-refractivity contribution in [2.24, 2.45) is 5.92 Å². The number of rotatable bonds is 2. The van der Waals surface area contributed by atoms with E-state index in [2.05, 4.69) is 29.3 Å². The van der Waals surface area contributed by atoms with Gasteiger partial charge in [-0.3, -0.25) is 14.7 Å². The Bertz CT molecular complexity index is 941. The molecular formula is C20H21N3O2. The highest BCUT2D eigenvalue weighted by atomic mass is 16.7. The predicted octanol–water partition coefficient (Wildman–Crippen LogP) is 3.87. The van der Waals surface area contributed by atoms with Crippen LogP contribution in [-0.2, 0) is 4.84 Å². The molecule has 0 spiro atoms. The Hall–Kier alpha value is -2.66. The first kappa shape index (κ1) is 15.8. The highest BCUT2D eigenvalue weighted by molar-refractivity contribution is 6.10. The lowest BCUT2D eigenvalue weighted by atomic mass is 9.94. The van der Waals surface area contributed by atoms with E-state index in [4.69, 9.17) is 4.84 Å². The van der Waals surface area contributed by atoms with Crippen LogP contribution in [0.15, 0.2) is 36.4 Å². The van der Waals surface area contributed by atoms with E-state index < -0.39 is 0 Å². The van der Waals surface area contributed by atoms with E-state index in [0.29, 0.717) is 24.6 Å². The molecule has 0 aliphatic carbocycles. The normalized spacial score (nSPS) is 17.4. The van der Waals surface area contributed by atoms with Gasteiger partial charge in [0, 0.05) is 22.7 Å². The highest BCUT2D eigenvalue weighted by Crippen LogP contribution is 2.34. The lowest BCUT2D eigenvalue weighted by Crippen LogP contribution is -2.27. The molecule has 0 bridgehead atoms.